The minimum Gasteiger partial charge on any atom is -0.377 e. The van der Waals surface area contributed by atoms with Gasteiger partial charge in [-0.2, -0.15) is 0 Å². The molecule has 1 unspecified atom stereocenters. The van der Waals surface area contributed by atoms with Crippen LogP contribution in [-0.4, -0.2) is 20.0 Å². The van der Waals surface area contributed by atoms with Gasteiger partial charge in [-0.1, -0.05) is 38.1 Å². The van der Waals surface area contributed by atoms with Gasteiger partial charge in [0.25, 0.3) is 10.0 Å². The van der Waals surface area contributed by atoms with Crippen LogP contribution in [0.15, 0.2) is 65.6 Å². The van der Waals surface area contributed by atoms with Crippen molar-refractivity contribution in [2.24, 2.45) is 5.92 Å². The first kappa shape index (κ1) is 23.7. The van der Waals surface area contributed by atoms with Gasteiger partial charge in [0.05, 0.1) is 10.9 Å². The first-order valence-electron chi connectivity index (χ1n) is 11.2. The molecule has 0 saturated heterocycles. The number of ketones is 2. The number of carbonyl (C=O) groups is 2. The monoisotopic (exact) mass is 476 g/mol. The average Bonchev–Trinajstić information content (AvgIpc) is 2.80. The summed E-state index contributed by atoms with van der Waals surface area (Å²) in [7, 11) is -3.86. The number of hydrogen-bond acceptors (Lipinski definition) is 5. The van der Waals surface area contributed by atoms with Gasteiger partial charge in [-0.05, 0) is 66.9 Å². The molecule has 7 heteroatoms. The van der Waals surface area contributed by atoms with Crippen molar-refractivity contribution in [1.82, 2.24) is 0 Å². The van der Waals surface area contributed by atoms with Crippen molar-refractivity contribution in [3.63, 3.8) is 0 Å². The molecule has 0 amide bonds. The van der Waals surface area contributed by atoms with E-state index in [1.165, 1.54) is 12.1 Å². The smallest absolute Gasteiger partial charge is 0.261 e. The van der Waals surface area contributed by atoms with Crippen LogP contribution >= 0.6 is 0 Å². The van der Waals surface area contributed by atoms with Gasteiger partial charge < -0.3 is 5.32 Å². The van der Waals surface area contributed by atoms with Crippen molar-refractivity contribution < 1.29 is 18.0 Å². The number of Topliss-reactive ketones (excluding diaryl/α,β-unsaturated/α-hetero) is 2. The highest BCUT2D eigenvalue weighted by atomic mass is 32.2. The molecule has 176 valence electrons. The van der Waals surface area contributed by atoms with E-state index in [9.17, 15) is 18.0 Å². The SMILES string of the molecule is Cc1ccc(NS(=O)(=O)c2ccc3c(c2)C(=O)CC(c2cccc(C(=O)C(C)C)c2)N3)cc1C. The maximum atomic E-state index is 13.0. The summed E-state index contributed by atoms with van der Waals surface area (Å²) in [5, 5.41) is 3.33. The second kappa shape index (κ2) is 9.06. The van der Waals surface area contributed by atoms with Crippen LogP contribution in [0.3, 0.4) is 0 Å². The predicted octanol–water partition coefficient (Wildman–Crippen LogP) is 5.68. The summed E-state index contributed by atoms with van der Waals surface area (Å²) in [6, 6.07) is 16.9. The Bertz CT molecular complexity index is 1390. The third-order valence-electron chi connectivity index (χ3n) is 6.18. The minimum atomic E-state index is -3.86. The highest BCUT2D eigenvalue weighted by Gasteiger charge is 2.28. The Hall–Kier alpha value is -3.45. The van der Waals surface area contributed by atoms with Crippen LogP contribution in [0.5, 0.6) is 0 Å². The molecule has 0 aliphatic carbocycles. The summed E-state index contributed by atoms with van der Waals surface area (Å²) in [5.41, 5.74) is 4.91. The van der Waals surface area contributed by atoms with Crippen LogP contribution in [0.4, 0.5) is 11.4 Å². The molecular formula is C27H28N2O4S. The first-order valence-corrected chi connectivity index (χ1v) is 12.7. The Balaban J connectivity index is 1.59. The minimum absolute atomic E-state index is 0.0302. The summed E-state index contributed by atoms with van der Waals surface area (Å²) < 4.78 is 28.5. The second-order valence-electron chi connectivity index (χ2n) is 9.08. The summed E-state index contributed by atoms with van der Waals surface area (Å²) in [5.74, 6) is -0.215. The van der Waals surface area contributed by atoms with Gasteiger partial charge >= 0.3 is 0 Å². The van der Waals surface area contributed by atoms with Crippen LogP contribution in [-0.2, 0) is 10.0 Å². The van der Waals surface area contributed by atoms with Crippen molar-refractivity contribution in [3.05, 3.63) is 88.5 Å². The van der Waals surface area contributed by atoms with E-state index in [-0.39, 0.29) is 34.8 Å². The highest BCUT2D eigenvalue weighted by molar-refractivity contribution is 7.92. The molecule has 1 heterocycles. The summed E-state index contributed by atoms with van der Waals surface area (Å²) >= 11 is 0. The fourth-order valence-electron chi connectivity index (χ4n) is 4.04. The van der Waals surface area contributed by atoms with E-state index in [1.54, 1.807) is 24.3 Å². The molecule has 0 bridgehead atoms. The zero-order valence-electron chi connectivity index (χ0n) is 19.7. The average molecular weight is 477 g/mol. The molecule has 3 aromatic carbocycles. The zero-order chi connectivity index (χ0) is 24.6. The van der Waals surface area contributed by atoms with Gasteiger partial charge in [-0.25, -0.2) is 8.42 Å². The first-order chi connectivity index (χ1) is 16.0. The second-order valence-corrected chi connectivity index (χ2v) is 10.8. The zero-order valence-corrected chi connectivity index (χ0v) is 20.5. The Morgan fingerprint density at radius 1 is 1.00 bits per heavy atom. The highest BCUT2D eigenvalue weighted by Crippen LogP contribution is 2.34. The fourth-order valence-corrected chi connectivity index (χ4v) is 5.12. The van der Waals surface area contributed by atoms with E-state index in [2.05, 4.69) is 10.0 Å². The van der Waals surface area contributed by atoms with Gasteiger partial charge in [0.1, 0.15) is 0 Å². The van der Waals surface area contributed by atoms with E-state index in [0.717, 1.165) is 16.7 Å². The molecule has 0 aromatic heterocycles. The number of carbonyl (C=O) groups excluding carboxylic acids is 2. The van der Waals surface area contributed by atoms with Crippen molar-refractivity contribution in [1.29, 1.82) is 0 Å². The fraction of sp³-hybridized carbons (Fsp3) is 0.259. The Kier molecular flexibility index (Phi) is 6.32. The standard InChI is InChI=1S/C27H28N2O4S/c1-16(2)27(31)20-7-5-6-19(13-20)25-15-26(30)23-14-22(10-11-24(23)28-25)34(32,33)29-21-9-8-17(3)18(4)12-21/h5-14,16,25,28-29H,15H2,1-4H3. The predicted molar refractivity (Wildman–Crippen MR) is 134 cm³/mol. The van der Waals surface area contributed by atoms with Crippen LogP contribution in [0, 0.1) is 19.8 Å². The molecule has 1 aliphatic rings. The molecule has 3 aromatic rings. The number of hydrogen-bond donors (Lipinski definition) is 2. The molecule has 34 heavy (non-hydrogen) atoms. The number of benzene rings is 3. The molecule has 0 fully saturated rings. The molecule has 0 radical (unpaired) electrons. The number of sulfonamides is 1. The molecule has 0 saturated carbocycles. The van der Waals surface area contributed by atoms with Gasteiger partial charge in [0.15, 0.2) is 11.6 Å². The Morgan fingerprint density at radius 2 is 1.76 bits per heavy atom. The van der Waals surface area contributed by atoms with E-state index >= 15 is 0 Å². The maximum absolute atomic E-state index is 13.0. The van der Waals surface area contributed by atoms with Gasteiger partial charge in [-0.15, -0.1) is 0 Å². The maximum Gasteiger partial charge on any atom is 0.261 e. The molecular weight excluding hydrogens is 448 g/mol. The lowest BCUT2D eigenvalue weighted by atomic mass is 9.90. The molecule has 0 spiro atoms. The molecule has 1 aliphatic heterocycles. The summed E-state index contributed by atoms with van der Waals surface area (Å²) in [6.07, 6.45) is 0.167. The van der Waals surface area contributed by atoms with Crippen molar-refractivity contribution >= 4 is 33.0 Å². The van der Waals surface area contributed by atoms with E-state index in [1.807, 2.05) is 52.0 Å². The third kappa shape index (κ3) is 4.75. The molecule has 6 nitrogen and oxygen atoms in total. The van der Waals surface area contributed by atoms with Gasteiger partial charge in [0.2, 0.25) is 0 Å². The topological polar surface area (TPSA) is 92.3 Å². The molecule has 2 N–H and O–H groups in total. The number of nitrogens with one attached hydrogen (secondary N) is 2. The van der Waals surface area contributed by atoms with Crippen molar-refractivity contribution in [3.8, 4) is 0 Å². The van der Waals surface area contributed by atoms with E-state index < -0.39 is 10.0 Å². The Labute approximate surface area is 200 Å². The lowest BCUT2D eigenvalue weighted by Crippen LogP contribution is -2.24. The summed E-state index contributed by atoms with van der Waals surface area (Å²) in [6.45, 7) is 7.59. The van der Waals surface area contributed by atoms with E-state index in [4.69, 9.17) is 0 Å². The van der Waals surface area contributed by atoms with Gasteiger partial charge in [-0.3, -0.25) is 14.3 Å². The summed E-state index contributed by atoms with van der Waals surface area (Å²) in [4.78, 5) is 25.4. The molecule has 1 atom stereocenters. The van der Waals surface area contributed by atoms with Crippen LogP contribution in [0.1, 0.15) is 63.7 Å². The van der Waals surface area contributed by atoms with Crippen molar-refractivity contribution in [2.75, 3.05) is 10.0 Å². The number of anilines is 2. The quantitative estimate of drug-likeness (QED) is 0.447. The lowest BCUT2D eigenvalue weighted by Gasteiger charge is -2.27. The molecule has 4 rings (SSSR count). The number of rotatable bonds is 6. The van der Waals surface area contributed by atoms with Crippen LogP contribution < -0.4 is 10.0 Å². The van der Waals surface area contributed by atoms with Crippen LogP contribution in [0.2, 0.25) is 0 Å². The number of aryl methyl sites for hydroxylation is 2. The number of fused-ring (bicyclic) bond motifs is 1. The van der Waals surface area contributed by atoms with E-state index in [0.29, 0.717) is 22.5 Å². The lowest BCUT2D eigenvalue weighted by molar-refractivity contribution is 0.0938. The van der Waals surface area contributed by atoms with Crippen molar-refractivity contribution in [2.45, 2.75) is 45.1 Å². The Morgan fingerprint density at radius 3 is 2.47 bits per heavy atom. The van der Waals surface area contributed by atoms with Gasteiger partial charge in [0, 0.05) is 34.8 Å². The van der Waals surface area contributed by atoms with Crippen LogP contribution in [0.25, 0.3) is 0 Å². The largest absolute Gasteiger partial charge is 0.377 e. The third-order valence-corrected chi connectivity index (χ3v) is 7.56. The normalized spacial score (nSPS) is 15.6.